The summed E-state index contributed by atoms with van der Waals surface area (Å²) in [4.78, 5) is 34.1. The molecule has 8 nitrogen and oxygen atoms in total. The lowest BCUT2D eigenvalue weighted by Gasteiger charge is -2.32. The number of imidazole rings is 1. The first-order valence-corrected chi connectivity index (χ1v) is 11.2. The van der Waals surface area contributed by atoms with E-state index in [9.17, 15) is 4.79 Å². The Bertz CT molecular complexity index is 1240. The number of likely N-dealkylation sites (N-methyl/N-ethyl adjacent to an activating group) is 1. The topological polar surface area (TPSA) is 90.0 Å². The molecule has 0 spiro atoms. The van der Waals surface area contributed by atoms with Gasteiger partial charge in [0, 0.05) is 49.1 Å². The molecule has 5 rings (SSSR count). The van der Waals surface area contributed by atoms with Crippen molar-refractivity contribution in [2.45, 2.75) is 13.5 Å². The molecule has 2 N–H and O–H groups in total. The van der Waals surface area contributed by atoms with Gasteiger partial charge in [-0.05, 0) is 38.2 Å². The van der Waals surface area contributed by atoms with Gasteiger partial charge in [0.15, 0.2) is 5.82 Å². The Kier molecular flexibility index (Phi) is 5.75. The van der Waals surface area contributed by atoms with Gasteiger partial charge in [-0.25, -0.2) is 15.0 Å². The molecule has 33 heavy (non-hydrogen) atoms. The zero-order valence-electron chi connectivity index (χ0n) is 18.9. The van der Waals surface area contributed by atoms with Crippen molar-refractivity contribution in [3.8, 4) is 11.4 Å². The molecule has 0 aliphatic carbocycles. The maximum atomic E-state index is 12.8. The van der Waals surface area contributed by atoms with Gasteiger partial charge in [0.2, 0.25) is 0 Å². The number of piperazine rings is 1. The van der Waals surface area contributed by atoms with E-state index >= 15 is 0 Å². The Balaban J connectivity index is 1.29. The highest BCUT2D eigenvalue weighted by Crippen LogP contribution is 2.21. The molecule has 8 heteroatoms. The van der Waals surface area contributed by atoms with Gasteiger partial charge in [0.1, 0.15) is 11.6 Å². The highest BCUT2D eigenvalue weighted by Gasteiger charge is 2.20. The number of aromatic nitrogens is 4. The Labute approximate surface area is 192 Å². The van der Waals surface area contributed by atoms with Crippen LogP contribution in [0, 0.1) is 6.92 Å². The number of aryl methyl sites for hydroxylation is 1. The number of hydrogen-bond acceptors (Lipinski definition) is 6. The smallest absolute Gasteiger partial charge is 0.253 e. The van der Waals surface area contributed by atoms with Gasteiger partial charge in [-0.3, -0.25) is 4.79 Å². The van der Waals surface area contributed by atoms with Gasteiger partial charge >= 0.3 is 0 Å². The molecular weight excluding hydrogens is 414 g/mol. The van der Waals surface area contributed by atoms with Crippen LogP contribution in [0.1, 0.15) is 21.7 Å². The number of nitrogens with one attached hydrogen (secondary N) is 2. The normalized spacial score (nSPS) is 14.5. The predicted molar refractivity (Wildman–Crippen MR) is 129 cm³/mol. The largest absolute Gasteiger partial charge is 0.363 e. The van der Waals surface area contributed by atoms with Crippen LogP contribution in [0.3, 0.4) is 0 Å². The van der Waals surface area contributed by atoms with Crippen LogP contribution < -0.4 is 5.32 Å². The Hall–Kier alpha value is -3.78. The second-order valence-corrected chi connectivity index (χ2v) is 8.45. The number of amides is 1. The van der Waals surface area contributed by atoms with Crippen LogP contribution in [0.15, 0.2) is 54.7 Å². The third-order valence-corrected chi connectivity index (χ3v) is 6.01. The number of carbonyl (C=O) groups excluding carboxylic acids is 1. The number of benzene rings is 2. The second kappa shape index (κ2) is 8.99. The third kappa shape index (κ3) is 4.56. The number of fused-ring (bicyclic) bond motifs is 1. The standard InChI is InChI=1S/C25H27N7O/c1-17-15-26-24(30-23(17)27-16-22-28-20-5-3-4-6-21(20)29-22)18-7-9-19(10-8-18)25(33)32-13-11-31(2)12-14-32/h3-10,15H,11-14,16H2,1-2H3,(H,28,29)(H,26,27,30). The number of carbonyl (C=O) groups is 1. The van der Waals surface area contributed by atoms with Crippen molar-refractivity contribution in [2.24, 2.45) is 0 Å². The van der Waals surface area contributed by atoms with E-state index in [1.807, 2.05) is 66.6 Å². The summed E-state index contributed by atoms with van der Waals surface area (Å²) in [6.07, 6.45) is 1.81. The monoisotopic (exact) mass is 441 g/mol. The van der Waals surface area contributed by atoms with Crippen molar-refractivity contribution in [3.63, 3.8) is 0 Å². The molecule has 2 aromatic heterocycles. The van der Waals surface area contributed by atoms with Gasteiger partial charge < -0.3 is 20.1 Å². The number of aromatic amines is 1. The molecule has 1 aliphatic heterocycles. The average Bonchev–Trinajstić information content (AvgIpc) is 3.27. The van der Waals surface area contributed by atoms with Crippen LogP contribution in [0.2, 0.25) is 0 Å². The van der Waals surface area contributed by atoms with Crippen molar-refractivity contribution in [3.05, 3.63) is 71.7 Å². The molecule has 168 valence electrons. The Morgan fingerprint density at radius 2 is 1.79 bits per heavy atom. The lowest BCUT2D eigenvalue weighted by Crippen LogP contribution is -2.47. The first-order chi connectivity index (χ1) is 16.1. The lowest BCUT2D eigenvalue weighted by molar-refractivity contribution is 0.0664. The number of H-pyrrole nitrogens is 1. The van der Waals surface area contributed by atoms with Crippen LogP contribution in [0.25, 0.3) is 22.4 Å². The van der Waals surface area contributed by atoms with Crippen LogP contribution >= 0.6 is 0 Å². The third-order valence-electron chi connectivity index (χ3n) is 6.01. The fourth-order valence-electron chi connectivity index (χ4n) is 3.97. The summed E-state index contributed by atoms with van der Waals surface area (Å²) in [5.41, 5.74) is 4.48. The second-order valence-electron chi connectivity index (χ2n) is 8.45. The molecule has 0 unspecified atom stereocenters. The average molecular weight is 442 g/mol. The summed E-state index contributed by atoms with van der Waals surface area (Å²) in [5.74, 6) is 2.31. The van der Waals surface area contributed by atoms with Crippen molar-refractivity contribution < 1.29 is 4.79 Å². The maximum Gasteiger partial charge on any atom is 0.253 e. The molecule has 1 aliphatic rings. The minimum Gasteiger partial charge on any atom is -0.363 e. The van der Waals surface area contributed by atoms with Gasteiger partial charge in [-0.2, -0.15) is 0 Å². The highest BCUT2D eigenvalue weighted by atomic mass is 16.2. The summed E-state index contributed by atoms with van der Waals surface area (Å²) in [7, 11) is 2.08. The summed E-state index contributed by atoms with van der Waals surface area (Å²) in [6, 6.07) is 15.5. The SMILES string of the molecule is Cc1cnc(-c2ccc(C(=O)N3CCN(C)CC3)cc2)nc1NCc1nc2ccccc2[nH]1. The zero-order valence-corrected chi connectivity index (χ0v) is 18.9. The molecule has 1 saturated heterocycles. The summed E-state index contributed by atoms with van der Waals surface area (Å²) in [5, 5.41) is 3.37. The molecule has 3 heterocycles. The molecule has 2 aromatic carbocycles. The summed E-state index contributed by atoms with van der Waals surface area (Å²) in [6.45, 7) is 5.85. The van der Waals surface area contributed by atoms with Crippen molar-refractivity contribution in [1.82, 2.24) is 29.7 Å². The van der Waals surface area contributed by atoms with E-state index < -0.39 is 0 Å². The molecule has 1 fully saturated rings. The fourth-order valence-corrected chi connectivity index (χ4v) is 3.97. The Morgan fingerprint density at radius 1 is 1.03 bits per heavy atom. The van der Waals surface area contributed by atoms with Crippen molar-refractivity contribution in [2.75, 3.05) is 38.5 Å². The number of anilines is 1. The summed E-state index contributed by atoms with van der Waals surface area (Å²) < 4.78 is 0. The minimum atomic E-state index is 0.0765. The zero-order chi connectivity index (χ0) is 22.8. The number of rotatable bonds is 5. The van der Waals surface area contributed by atoms with Crippen molar-refractivity contribution in [1.29, 1.82) is 0 Å². The van der Waals surface area contributed by atoms with E-state index in [1.54, 1.807) is 0 Å². The van der Waals surface area contributed by atoms with E-state index in [0.717, 1.165) is 60.0 Å². The van der Waals surface area contributed by atoms with Crippen LogP contribution in [-0.4, -0.2) is 68.9 Å². The molecule has 0 saturated carbocycles. The van der Waals surface area contributed by atoms with E-state index in [2.05, 4.69) is 32.2 Å². The van der Waals surface area contributed by atoms with E-state index in [0.29, 0.717) is 17.9 Å². The molecule has 0 radical (unpaired) electrons. The molecule has 0 bridgehead atoms. The van der Waals surface area contributed by atoms with Crippen LogP contribution in [-0.2, 0) is 6.54 Å². The van der Waals surface area contributed by atoms with Crippen LogP contribution in [0.4, 0.5) is 5.82 Å². The van der Waals surface area contributed by atoms with E-state index in [4.69, 9.17) is 4.98 Å². The Morgan fingerprint density at radius 3 is 2.55 bits per heavy atom. The summed E-state index contributed by atoms with van der Waals surface area (Å²) >= 11 is 0. The molecule has 4 aromatic rings. The number of para-hydroxylation sites is 2. The van der Waals surface area contributed by atoms with Crippen LogP contribution in [0.5, 0.6) is 0 Å². The number of nitrogens with zero attached hydrogens (tertiary/aromatic N) is 5. The highest BCUT2D eigenvalue weighted by molar-refractivity contribution is 5.94. The van der Waals surface area contributed by atoms with Gasteiger partial charge in [-0.1, -0.05) is 24.3 Å². The van der Waals surface area contributed by atoms with Gasteiger partial charge in [0.25, 0.3) is 5.91 Å². The quantitative estimate of drug-likeness (QED) is 0.494. The molecular formula is C25H27N7O. The van der Waals surface area contributed by atoms with Gasteiger partial charge in [-0.15, -0.1) is 0 Å². The molecule has 0 atom stereocenters. The van der Waals surface area contributed by atoms with Gasteiger partial charge in [0.05, 0.1) is 17.6 Å². The maximum absolute atomic E-state index is 12.8. The van der Waals surface area contributed by atoms with Crippen molar-refractivity contribution >= 4 is 22.8 Å². The lowest BCUT2D eigenvalue weighted by atomic mass is 10.1. The molecule has 1 amide bonds. The van der Waals surface area contributed by atoms with E-state index in [-0.39, 0.29) is 5.91 Å². The van der Waals surface area contributed by atoms with E-state index in [1.165, 1.54) is 0 Å². The first kappa shape index (κ1) is 21.1. The number of hydrogen-bond donors (Lipinski definition) is 2. The first-order valence-electron chi connectivity index (χ1n) is 11.2. The predicted octanol–water partition coefficient (Wildman–Crippen LogP) is 3.33. The minimum absolute atomic E-state index is 0.0765. The fraction of sp³-hybridized carbons (Fsp3) is 0.280.